The third-order valence-corrected chi connectivity index (χ3v) is 25.5. The molecule has 17 rings (SSSR count). The van der Waals surface area contributed by atoms with Crippen LogP contribution in [-0.2, 0) is 98.8 Å². The molecule has 12 aromatic carbocycles. The van der Waals surface area contributed by atoms with Gasteiger partial charge in [0, 0.05) is 132 Å². The molecule has 5 aromatic heterocycles. The largest absolute Gasteiger partial charge is 0.494 e. The highest BCUT2D eigenvalue weighted by Crippen LogP contribution is 2.34. The third kappa shape index (κ3) is 27.2. The van der Waals surface area contributed by atoms with Crippen LogP contribution in [0.4, 0.5) is 0 Å². The van der Waals surface area contributed by atoms with Crippen molar-refractivity contribution in [2.75, 3.05) is 39.3 Å². The van der Waals surface area contributed by atoms with Gasteiger partial charge >= 0.3 is 23.9 Å². The Kier molecular flexibility index (Phi) is 34.6. The third-order valence-electron chi connectivity index (χ3n) is 23.1. The highest BCUT2D eigenvalue weighted by atomic mass is 35.5. The van der Waals surface area contributed by atoms with Gasteiger partial charge in [-0.1, -0.05) is 193 Å². The van der Waals surface area contributed by atoms with Crippen molar-refractivity contribution >= 4 is 151 Å². The summed E-state index contributed by atoms with van der Waals surface area (Å²) in [4.78, 5) is 56.4. The Morgan fingerprint density at radius 1 is 0.309 bits per heavy atom. The van der Waals surface area contributed by atoms with E-state index < -0.39 is 39.8 Å². The van der Waals surface area contributed by atoms with E-state index in [9.17, 15) is 32.4 Å². The Balaban J connectivity index is 0.000000144. The summed E-state index contributed by atoms with van der Waals surface area (Å²) in [6.45, 7) is 17.7. The SMILES string of the molecule is Cc1cc(OCCCc2cn(CC(=O)O)c3ccccc23)cc(C)c1Cl.Cc1cc(OCCCn2cc(CC(=O)NS(C)(=O)=O)c3ccccc32)cc(C)c1Cl.Cc1cc(OCCCn2cc(CC(=O)O)c3ccccc32)cc(C)c1Cl.O=C(O)Cc1cn(CCCOc2ccc3ccccc3c2)c2ccccc12.O=C(O)Cc1cn(CCCOc2cccc3ccccc23)c2ccccc12. The molecule has 136 heavy (non-hydrogen) atoms. The molecule has 0 radical (unpaired) electrons. The van der Waals surface area contributed by atoms with E-state index in [2.05, 4.69) is 60.7 Å². The second-order valence-corrected chi connectivity index (χ2v) is 36.6. The molecule has 22 nitrogen and oxygen atoms in total. The summed E-state index contributed by atoms with van der Waals surface area (Å²) in [7, 11) is -3.57. The molecule has 0 bridgehead atoms. The fourth-order valence-corrected chi connectivity index (χ4v) is 17.8. The van der Waals surface area contributed by atoms with Gasteiger partial charge in [0.1, 0.15) is 35.3 Å². The number of carboxylic acids is 4. The van der Waals surface area contributed by atoms with E-state index in [1.165, 1.54) is 16.2 Å². The number of hydrogen-bond donors (Lipinski definition) is 5. The number of rotatable bonds is 36. The lowest BCUT2D eigenvalue weighted by Crippen LogP contribution is -2.30. The summed E-state index contributed by atoms with van der Waals surface area (Å²) in [5.74, 6) is 0.413. The Morgan fingerprint density at radius 3 is 0.985 bits per heavy atom. The lowest BCUT2D eigenvalue weighted by molar-refractivity contribution is -0.138. The fourth-order valence-electron chi connectivity index (χ4n) is 17.0. The number of nitrogens with zero attached hydrogens (tertiary/aromatic N) is 5. The number of aryl methyl sites for hydroxylation is 11. The average molecular weight is 1910 g/mol. The number of nitrogens with one attached hydrogen (secondary N) is 1. The molecule has 5 N–H and O–H groups in total. The first-order chi connectivity index (χ1) is 65.5. The minimum Gasteiger partial charge on any atom is -0.494 e. The maximum atomic E-state index is 12.0. The second kappa shape index (κ2) is 47.3. The first-order valence-corrected chi connectivity index (χ1v) is 48.1. The van der Waals surface area contributed by atoms with Crippen LogP contribution in [-0.4, -0.2) is 121 Å². The predicted molar refractivity (Wildman–Crippen MR) is 543 cm³/mol. The van der Waals surface area contributed by atoms with E-state index in [1.54, 1.807) is 4.57 Å². The van der Waals surface area contributed by atoms with Gasteiger partial charge in [-0.25, -0.2) is 8.42 Å². The summed E-state index contributed by atoms with van der Waals surface area (Å²) < 4.78 is 64.4. The molecule has 0 unspecified atom stereocenters. The topological polar surface area (TPSA) is 283 Å². The number of hydrogen-bond acceptors (Lipinski definition) is 12. The van der Waals surface area contributed by atoms with E-state index in [1.807, 2.05) is 277 Å². The van der Waals surface area contributed by atoms with Crippen LogP contribution in [0.15, 0.2) is 274 Å². The van der Waals surface area contributed by atoms with Crippen molar-refractivity contribution in [2.24, 2.45) is 0 Å². The molecule has 0 aliphatic heterocycles. The number of carbonyl (C=O) groups excluding carboxylic acids is 1. The Morgan fingerprint density at radius 2 is 0.610 bits per heavy atom. The van der Waals surface area contributed by atoms with Crippen molar-refractivity contribution in [1.82, 2.24) is 27.6 Å². The molecule has 0 atom stereocenters. The summed E-state index contributed by atoms with van der Waals surface area (Å²) in [6.07, 6.45) is 15.7. The highest BCUT2D eigenvalue weighted by Gasteiger charge is 2.20. The molecule has 0 aliphatic carbocycles. The normalized spacial score (nSPS) is 11.2. The highest BCUT2D eigenvalue weighted by molar-refractivity contribution is 7.89. The number of para-hydroxylation sites is 5. The van der Waals surface area contributed by atoms with Gasteiger partial charge in [-0.15, -0.1) is 0 Å². The summed E-state index contributed by atoms with van der Waals surface area (Å²) in [6, 6.07) is 79.8. The van der Waals surface area contributed by atoms with Gasteiger partial charge in [-0.3, -0.25) is 28.7 Å². The van der Waals surface area contributed by atoms with Crippen LogP contribution in [0.25, 0.3) is 76.1 Å². The van der Waals surface area contributed by atoms with Gasteiger partial charge < -0.3 is 66.9 Å². The lowest BCUT2D eigenvalue weighted by atomic mass is 10.1. The molecule has 0 saturated heterocycles. The zero-order chi connectivity index (χ0) is 96.5. The van der Waals surface area contributed by atoms with E-state index >= 15 is 0 Å². The van der Waals surface area contributed by atoms with Crippen LogP contribution in [0, 0.1) is 41.5 Å². The van der Waals surface area contributed by atoms with E-state index in [0.717, 1.165) is 229 Å². The zero-order valence-corrected chi connectivity index (χ0v) is 80.2. The molecule has 704 valence electrons. The van der Waals surface area contributed by atoms with Crippen molar-refractivity contribution in [3.63, 3.8) is 0 Å². The van der Waals surface area contributed by atoms with Crippen molar-refractivity contribution in [3.8, 4) is 28.7 Å². The number of carbonyl (C=O) groups is 5. The van der Waals surface area contributed by atoms with Crippen LogP contribution in [0.1, 0.15) is 93.3 Å². The van der Waals surface area contributed by atoms with Gasteiger partial charge in [0.05, 0.1) is 65.0 Å². The van der Waals surface area contributed by atoms with Gasteiger partial charge in [-0.2, -0.15) is 0 Å². The summed E-state index contributed by atoms with van der Waals surface area (Å²) in [5, 5.41) is 48.5. The molecule has 1 amide bonds. The second-order valence-electron chi connectivity index (χ2n) is 33.7. The number of carboxylic acid groups (broad SMARTS) is 4. The number of ether oxygens (including phenoxy) is 5. The number of fused-ring (bicyclic) bond motifs is 7. The molecule has 17 aromatic rings. The molecule has 0 fully saturated rings. The number of amides is 1. The summed E-state index contributed by atoms with van der Waals surface area (Å²) in [5.41, 5.74) is 15.7. The number of halogens is 3. The van der Waals surface area contributed by atoms with Crippen LogP contribution < -0.4 is 28.4 Å². The Bertz CT molecular complexity index is 7020. The maximum Gasteiger partial charge on any atom is 0.323 e. The molecule has 0 saturated carbocycles. The van der Waals surface area contributed by atoms with Gasteiger partial charge in [0.25, 0.3) is 0 Å². The molecule has 5 heterocycles. The zero-order valence-electron chi connectivity index (χ0n) is 77.1. The van der Waals surface area contributed by atoms with Crippen LogP contribution >= 0.6 is 34.8 Å². The average Bonchev–Trinajstić information content (AvgIpc) is 1.67. The molecule has 26 heteroatoms. The summed E-state index contributed by atoms with van der Waals surface area (Å²) >= 11 is 18.6. The minimum atomic E-state index is -3.57. The number of aromatic nitrogens is 5. The smallest absolute Gasteiger partial charge is 0.323 e. The van der Waals surface area contributed by atoms with Crippen LogP contribution in [0.2, 0.25) is 15.1 Å². The van der Waals surface area contributed by atoms with E-state index in [-0.39, 0.29) is 32.2 Å². The molecule has 0 aliphatic rings. The fraction of sp³-hybridized carbons (Fsp3) is 0.245. The quantitative estimate of drug-likeness (QED) is 0.0228. The first-order valence-electron chi connectivity index (χ1n) is 45.1. The van der Waals surface area contributed by atoms with Crippen molar-refractivity contribution in [3.05, 3.63) is 350 Å². The predicted octanol–water partition coefficient (Wildman–Crippen LogP) is 23.8. The standard InChI is InChI=1S/2C23H21NO3.C22H25ClN2O4S.2C21H22ClNO3/c25-23(26)15-18-16-24(21-11-4-3-9-19(18)21)13-6-14-27-22-12-5-8-17-7-1-2-10-20(17)22;25-23(26)15-19-16-24(22-9-4-3-8-21(19)22)12-5-13-27-20-11-10-17-6-1-2-7-18(17)14-20;1-15-11-18(12-16(2)22(15)23)29-10-6-9-25-14-17(13-21(26)24-30(3,27)28)19-7-4-5-8-20(19)25;1-14-10-17(11-15(2)21(14)22)26-9-5-6-16-12-23(13-20(24)25)19-8-4-3-7-18(16)19;1-14-10-17(11-15(2)21(14)22)26-9-5-8-23-13-16(12-20(24)25)18-6-3-4-7-19(18)23/h1-5,7-12,16H,6,13-15H2,(H,25,26);1-4,6-11,14,16H,5,12-13,15H2,(H,25,26);4-5,7-8,11-12,14H,6,9-10,13H2,1-3H3,(H,24,26);3-4,7-8,10-12H,5-6,9,13H2,1-2H3,(H,24,25);3-4,6-7,10-11,13H,5,8-9,12H2,1-2H3,(H,24,25). The van der Waals surface area contributed by atoms with Gasteiger partial charge in [0.15, 0.2) is 0 Å². The first kappa shape index (κ1) is 99.5. The van der Waals surface area contributed by atoms with Gasteiger partial charge in [0.2, 0.25) is 15.9 Å². The van der Waals surface area contributed by atoms with Crippen molar-refractivity contribution < 1.29 is 76.5 Å². The van der Waals surface area contributed by atoms with E-state index in [0.29, 0.717) is 39.6 Å². The maximum absolute atomic E-state index is 12.0. The van der Waals surface area contributed by atoms with Gasteiger partial charge in [-0.05, 0) is 242 Å². The van der Waals surface area contributed by atoms with Crippen molar-refractivity contribution in [2.45, 2.75) is 138 Å². The lowest BCUT2D eigenvalue weighted by Gasteiger charge is -2.11. The molecular weight excluding hydrogens is 1800 g/mol. The Labute approximate surface area is 805 Å². The molecule has 0 spiro atoms. The molecular formula is C110H111Cl3N6O16S. The minimum absolute atomic E-state index is 0.000409. The number of sulfonamides is 1. The van der Waals surface area contributed by atoms with Crippen LogP contribution in [0.3, 0.4) is 0 Å². The monoisotopic (exact) mass is 1910 g/mol. The van der Waals surface area contributed by atoms with E-state index in [4.69, 9.17) is 78.9 Å². The van der Waals surface area contributed by atoms with Crippen LogP contribution in [0.5, 0.6) is 28.7 Å². The number of aliphatic carboxylic acids is 4. The number of benzene rings is 12. The Hall–Kier alpha value is -14.0. The van der Waals surface area contributed by atoms with Crippen molar-refractivity contribution in [1.29, 1.82) is 0 Å².